The van der Waals surface area contributed by atoms with Crippen LogP contribution in [0.3, 0.4) is 0 Å². The molecule has 0 aliphatic carbocycles. The molecule has 2 aliphatic heterocycles. The molecule has 2 bridgehead atoms. The summed E-state index contributed by atoms with van der Waals surface area (Å²) in [4.78, 5) is 6.02. The molecular formula is C17H25FN4O. The summed E-state index contributed by atoms with van der Waals surface area (Å²) in [6.07, 6.45) is 4.04. The number of anilines is 1. The lowest BCUT2D eigenvalue weighted by Crippen LogP contribution is -2.47. The van der Waals surface area contributed by atoms with Crippen molar-refractivity contribution in [1.82, 2.24) is 10.6 Å². The number of ether oxygens (including phenoxy) is 1. The predicted octanol–water partition coefficient (Wildman–Crippen LogP) is 1.88. The second-order valence-electron chi connectivity index (χ2n) is 6.47. The highest BCUT2D eigenvalue weighted by Crippen LogP contribution is 2.34. The van der Waals surface area contributed by atoms with Gasteiger partial charge in [-0.2, -0.15) is 0 Å². The van der Waals surface area contributed by atoms with Crippen LogP contribution in [-0.4, -0.2) is 45.4 Å². The zero-order valence-electron chi connectivity index (χ0n) is 14.0. The SMILES string of the molecule is CN=C(NCc1ccc(N(C)C)c(F)c1)NC1CC2CCC1O2. The maximum Gasteiger partial charge on any atom is 0.191 e. The van der Waals surface area contributed by atoms with Crippen LogP contribution < -0.4 is 15.5 Å². The zero-order chi connectivity index (χ0) is 16.4. The summed E-state index contributed by atoms with van der Waals surface area (Å²) in [7, 11) is 5.41. The number of nitrogens with zero attached hydrogens (tertiary/aromatic N) is 2. The number of fused-ring (bicyclic) bond motifs is 2. The van der Waals surface area contributed by atoms with Gasteiger partial charge >= 0.3 is 0 Å². The van der Waals surface area contributed by atoms with E-state index in [1.165, 1.54) is 6.42 Å². The Balaban J connectivity index is 1.55. The molecule has 0 saturated carbocycles. The molecule has 0 radical (unpaired) electrons. The highest BCUT2D eigenvalue weighted by Gasteiger charge is 2.41. The van der Waals surface area contributed by atoms with E-state index in [0.29, 0.717) is 30.5 Å². The second kappa shape index (κ2) is 6.74. The van der Waals surface area contributed by atoms with Crippen LogP contribution in [0.2, 0.25) is 0 Å². The molecule has 1 aromatic rings. The first kappa shape index (κ1) is 16.1. The lowest BCUT2D eigenvalue weighted by atomic mass is 9.96. The lowest BCUT2D eigenvalue weighted by Gasteiger charge is -2.22. The van der Waals surface area contributed by atoms with Crippen LogP contribution >= 0.6 is 0 Å². The van der Waals surface area contributed by atoms with Gasteiger partial charge in [-0.15, -0.1) is 0 Å². The lowest BCUT2D eigenvalue weighted by molar-refractivity contribution is 0.0992. The number of rotatable bonds is 4. The smallest absolute Gasteiger partial charge is 0.191 e. The topological polar surface area (TPSA) is 48.9 Å². The van der Waals surface area contributed by atoms with Crippen molar-refractivity contribution in [2.24, 2.45) is 4.99 Å². The Labute approximate surface area is 136 Å². The first-order valence-electron chi connectivity index (χ1n) is 8.15. The average Bonchev–Trinajstić information content (AvgIpc) is 3.13. The standard InChI is InChI=1S/C17H25FN4O/c1-19-17(21-14-9-12-5-7-16(14)23-12)20-10-11-4-6-15(22(2)3)13(18)8-11/h4,6,8,12,14,16H,5,7,9-10H2,1-3H3,(H2,19,20,21). The van der Waals surface area contributed by atoms with Gasteiger partial charge in [-0.1, -0.05) is 6.07 Å². The largest absolute Gasteiger partial charge is 0.375 e. The molecule has 2 saturated heterocycles. The fraction of sp³-hybridized carbons (Fsp3) is 0.588. The minimum Gasteiger partial charge on any atom is -0.375 e. The Hall–Kier alpha value is -1.82. The third kappa shape index (κ3) is 3.58. The third-order valence-electron chi connectivity index (χ3n) is 4.61. The van der Waals surface area contributed by atoms with Gasteiger partial charge in [-0.05, 0) is 37.0 Å². The molecule has 6 heteroatoms. The summed E-state index contributed by atoms with van der Waals surface area (Å²) in [6, 6.07) is 5.62. The first-order chi connectivity index (χ1) is 11.1. The molecule has 0 amide bonds. The Kier molecular flexibility index (Phi) is 4.71. The zero-order valence-corrected chi connectivity index (χ0v) is 14.0. The normalized spacial score (nSPS) is 26.4. The molecule has 3 unspecified atom stereocenters. The van der Waals surface area contributed by atoms with E-state index in [0.717, 1.165) is 24.4 Å². The van der Waals surface area contributed by atoms with Crippen molar-refractivity contribution in [1.29, 1.82) is 0 Å². The fourth-order valence-corrected chi connectivity index (χ4v) is 3.37. The maximum atomic E-state index is 14.0. The van der Waals surface area contributed by atoms with Crippen LogP contribution in [0.4, 0.5) is 10.1 Å². The van der Waals surface area contributed by atoms with Gasteiger partial charge in [0.2, 0.25) is 0 Å². The summed E-state index contributed by atoms with van der Waals surface area (Å²) >= 11 is 0. The van der Waals surface area contributed by atoms with Crippen LogP contribution in [0.5, 0.6) is 0 Å². The summed E-state index contributed by atoms with van der Waals surface area (Å²) in [5.74, 6) is 0.530. The van der Waals surface area contributed by atoms with Crippen molar-refractivity contribution in [3.63, 3.8) is 0 Å². The van der Waals surface area contributed by atoms with E-state index in [2.05, 4.69) is 15.6 Å². The van der Waals surface area contributed by atoms with E-state index >= 15 is 0 Å². The first-order valence-corrected chi connectivity index (χ1v) is 8.15. The van der Waals surface area contributed by atoms with Crippen LogP contribution in [0.15, 0.2) is 23.2 Å². The summed E-state index contributed by atoms with van der Waals surface area (Å²) in [6.45, 7) is 0.534. The van der Waals surface area contributed by atoms with Gasteiger partial charge < -0.3 is 20.3 Å². The molecule has 5 nitrogen and oxygen atoms in total. The van der Waals surface area contributed by atoms with Crippen molar-refractivity contribution in [2.45, 2.75) is 44.1 Å². The number of guanidine groups is 1. The number of hydrogen-bond donors (Lipinski definition) is 2. The highest BCUT2D eigenvalue weighted by atomic mass is 19.1. The monoisotopic (exact) mass is 320 g/mol. The number of hydrogen-bond acceptors (Lipinski definition) is 3. The van der Waals surface area contributed by atoms with E-state index < -0.39 is 0 Å². The molecule has 2 aliphatic rings. The average molecular weight is 320 g/mol. The van der Waals surface area contributed by atoms with E-state index in [9.17, 15) is 4.39 Å². The van der Waals surface area contributed by atoms with Crippen LogP contribution in [-0.2, 0) is 11.3 Å². The molecule has 3 atom stereocenters. The van der Waals surface area contributed by atoms with Gasteiger partial charge in [0.1, 0.15) is 5.82 Å². The molecule has 23 heavy (non-hydrogen) atoms. The Bertz CT molecular complexity index is 590. The second-order valence-corrected chi connectivity index (χ2v) is 6.47. The molecule has 0 aromatic heterocycles. The van der Waals surface area contributed by atoms with Crippen molar-refractivity contribution < 1.29 is 9.13 Å². The van der Waals surface area contributed by atoms with Crippen LogP contribution in [0, 0.1) is 5.82 Å². The molecule has 126 valence electrons. The van der Waals surface area contributed by atoms with Gasteiger partial charge in [-0.25, -0.2) is 4.39 Å². The number of benzene rings is 1. The van der Waals surface area contributed by atoms with Gasteiger partial charge in [0, 0.05) is 27.7 Å². The van der Waals surface area contributed by atoms with E-state index in [1.807, 2.05) is 20.2 Å². The molecular weight excluding hydrogens is 295 g/mol. The van der Waals surface area contributed by atoms with Gasteiger partial charge in [0.25, 0.3) is 0 Å². The highest BCUT2D eigenvalue weighted by molar-refractivity contribution is 5.80. The fourth-order valence-electron chi connectivity index (χ4n) is 3.37. The van der Waals surface area contributed by atoms with Crippen molar-refractivity contribution in [3.8, 4) is 0 Å². The summed E-state index contributed by atoms with van der Waals surface area (Å²) in [5, 5.41) is 6.67. The van der Waals surface area contributed by atoms with Crippen molar-refractivity contribution in [3.05, 3.63) is 29.6 Å². The minimum atomic E-state index is -0.209. The predicted molar refractivity (Wildman–Crippen MR) is 90.4 cm³/mol. The quantitative estimate of drug-likeness (QED) is 0.657. The van der Waals surface area contributed by atoms with Gasteiger partial charge in [0.15, 0.2) is 5.96 Å². The van der Waals surface area contributed by atoms with Gasteiger partial charge in [-0.3, -0.25) is 4.99 Å². The van der Waals surface area contributed by atoms with Crippen LogP contribution in [0.1, 0.15) is 24.8 Å². The van der Waals surface area contributed by atoms with E-state index in [1.54, 1.807) is 24.1 Å². The minimum absolute atomic E-state index is 0.209. The van der Waals surface area contributed by atoms with Crippen molar-refractivity contribution in [2.75, 3.05) is 26.0 Å². The molecule has 0 spiro atoms. The summed E-state index contributed by atoms with van der Waals surface area (Å²) in [5.41, 5.74) is 1.48. The molecule has 2 N–H and O–H groups in total. The summed E-state index contributed by atoms with van der Waals surface area (Å²) < 4.78 is 19.8. The van der Waals surface area contributed by atoms with Crippen molar-refractivity contribution >= 4 is 11.6 Å². The third-order valence-corrected chi connectivity index (χ3v) is 4.61. The molecule has 3 rings (SSSR count). The Morgan fingerprint density at radius 3 is 2.78 bits per heavy atom. The molecule has 2 fully saturated rings. The maximum absolute atomic E-state index is 14.0. The Morgan fingerprint density at radius 2 is 2.22 bits per heavy atom. The molecule has 2 heterocycles. The Morgan fingerprint density at radius 1 is 1.39 bits per heavy atom. The van der Waals surface area contributed by atoms with Gasteiger partial charge in [0.05, 0.1) is 23.9 Å². The number of aliphatic imine (C=N–C) groups is 1. The number of halogens is 1. The van der Waals surface area contributed by atoms with Crippen LogP contribution in [0.25, 0.3) is 0 Å². The van der Waals surface area contributed by atoms with E-state index in [-0.39, 0.29) is 5.82 Å². The van der Waals surface area contributed by atoms with E-state index in [4.69, 9.17) is 4.74 Å². The molecule has 1 aromatic carbocycles. The number of nitrogens with one attached hydrogen (secondary N) is 2.